The Balaban J connectivity index is 1.86. The lowest BCUT2D eigenvalue weighted by molar-refractivity contribution is -0.132. The summed E-state index contributed by atoms with van der Waals surface area (Å²) in [7, 11) is 3.38. The third-order valence-corrected chi connectivity index (χ3v) is 4.33. The van der Waals surface area contributed by atoms with Crippen LogP contribution in [0.5, 0.6) is 0 Å². The van der Waals surface area contributed by atoms with Gasteiger partial charge in [-0.1, -0.05) is 25.0 Å². The van der Waals surface area contributed by atoms with Crippen LogP contribution in [0.4, 0.5) is 4.79 Å². The SMILES string of the molecule is CN(C)C(=O)C[C@@H]1C=C[C@@H](NC(=O)NC2CCCC2)[C@@H](CO)O1. The first-order chi connectivity index (χ1) is 11.0. The molecule has 0 radical (unpaired) electrons. The van der Waals surface area contributed by atoms with Crippen molar-refractivity contribution in [3.8, 4) is 0 Å². The van der Waals surface area contributed by atoms with Crippen molar-refractivity contribution in [3.63, 3.8) is 0 Å². The van der Waals surface area contributed by atoms with Gasteiger partial charge >= 0.3 is 6.03 Å². The van der Waals surface area contributed by atoms with E-state index in [0.717, 1.165) is 25.7 Å². The molecular formula is C16H27N3O4. The Morgan fingerprint density at radius 2 is 1.91 bits per heavy atom. The number of ether oxygens (including phenoxy) is 1. The highest BCUT2D eigenvalue weighted by molar-refractivity contribution is 5.76. The monoisotopic (exact) mass is 325 g/mol. The van der Waals surface area contributed by atoms with Gasteiger partial charge in [-0.2, -0.15) is 0 Å². The van der Waals surface area contributed by atoms with E-state index in [1.165, 1.54) is 4.90 Å². The van der Waals surface area contributed by atoms with Crippen LogP contribution in [0.1, 0.15) is 32.1 Å². The van der Waals surface area contributed by atoms with Gasteiger partial charge in [0, 0.05) is 20.1 Å². The third-order valence-electron chi connectivity index (χ3n) is 4.33. The van der Waals surface area contributed by atoms with Gasteiger partial charge in [-0.15, -0.1) is 0 Å². The molecule has 0 spiro atoms. The number of urea groups is 1. The van der Waals surface area contributed by atoms with Crippen molar-refractivity contribution < 1.29 is 19.4 Å². The lowest BCUT2D eigenvalue weighted by atomic mass is 10.0. The number of aliphatic hydroxyl groups is 1. The first-order valence-electron chi connectivity index (χ1n) is 8.21. The van der Waals surface area contributed by atoms with Gasteiger partial charge in [-0.25, -0.2) is 4.79 Å². The molecule has 0 saturated heterocycles. The summed E-state index contributed by atoms with van der Waals surface area (Å²) in [5.74, 6) is -0.0401. The molecule has 0 unspecified atom stereocenters. The number of nitrogens with zero attached hydrogens (tertiary/aromatic N) is 1. The molecule has 1 fully saturated rings. The number of amides is 3. The molecule has 23 heavy (non-hydrogen) atoms. The van der Waals surface area contributed by atoms with Crippen LogP contribution in [0, 0.1) is 0 Å². The van der Waals surface area contributed by atoms with Crippen molar-refractivity contribution in [1.82, 2.24) is 15.5 Å². The Hall–Kier alpha value is -1.60. The zero-order chi connectivity index (χ0) is 16.8. The molecule has 2 aliphatic rings. The number of carbonyl (C=O) groups is 2. The second-order valence-electron chi connectivity index (χ2n) is 6.40. The molecule has 0 aromatic heterocycles. The van der Waals surface area contributed by atoms with Crippen molar-refractivity contribution >= 4 is 11.9 Å². The van der Waals surface area contributed by atoms with Crippen LogP contribution in [0.3, 0.4) is 0 Å². The van der Waals surface area contributed by atoms with Crippen LogP contribution >= 0.6 is 0 Å². The quantitative estimate of drug-likeness (QED) is 0.638. The van der Waals surface area contributed by atoms with Gasteiger partial charge in [-0.3, -0.25) is 4.79 Å². The number of aliphatic hydroxyl groups excluding tert-OH is 1. The Labute approximate surface area is 137 Å². The highest BCUT2D eigenvalue weighted by atomic mass is 16.5. The van der Waals surface area contributed by atoms with E-state index < -0.39 is 12.1 Å². The van der Waals surface area contributed by atoms with E-state index in [9.17, 15) is 14.7 Å². The van der Waals surface area contributed by atoms with Crippen LogP contribution in [-0.4, -0.2) is 66.9 Å². The van der Waals surface area contributed by atoms with Crippen LogP contribution in [0.2, 0.25) is 0 Å². The molecule has 1 saturated carbocycles. The maximum atomic E-state index is 12.0. The molecule has 1 heterocycles. The number of nitrogens with one attached hydrogen (secondary N) is 2. The number of rotatable bonds is 5. The molecule has 7 nitrogen and oxygen atoms in total. The van der Waals surface area contributed by atoms with E-state index >= 15 is 0 Å². The molecule has 1 aliphatic heterocycles. The third kappa shape index (κ3) is 5.21. The van der Waals surface area contributed by atoms with Crippen molar-refractivity contribution in [2.24, 2.45) is 0 Å². The average Bonchev–Trinajstić information content (AvgIpc) is 3.01. The normalized spacial score (nSPS) is 27.7. The lowest BCUT2D eigenvalue weighted by Crippen LogP contribution is -2.52. The maximum Gasteiger partial charge on any atom is 0.315 e. The summed E-state index contributed by atoms with van der Waals surface area (Å²) >= 11 is 0. The summed E-state index contributed by atoms with van der Waals surface area (Å²) in [5.41, 5.74) is 0. The van der Waals surface area contributed by atoms with Crippen LogP contribution in [-0.2, 0) is 9.53 Å². The highest BCUT2D eigenvalue weighted by Crippen LogP contribution is 2.18. The topological polar surface area (TPSA) is 90.9 Å². The van der Waals surface area contributed by atoms with E-state index in [4.69, 9.17) is 4.74 Å². The summed E-state index contributed by atoms with van der Waals surface area (Å²) in [6.45, 7) is -0.217. The van der Waals surface area contributed by atoms with E-state index in [1.54, 1.807) is 26.2 Å². The summed E-state index contributed by atoms with van der Waals surface area (Å²) in [6.07, 6.45) is 7.20. The number of hydrogen-bond donors (Lipinski definition) is 3. The standard InChI is InChI=1S/C16H27N3O4/c1-19(2)15(21)9-12-7-8-13(14(10-20)23-12)18-16(22)17-11-5-3-4-6-11/h7-8,11-14,20H,3-6,9-10H2,1-2H3,(H2,17,18,22)/t12-,13+,14+/m0/s1. The fourth-order valence-corrected chi connectivity index (χ4v) is 2.94. The number of carbonyl (C=O) groups excluding carboxylic acids is 2. The van der Waals surface area contributed by atoms with Crippen molar-refractivity contribution in [2.75, 3.05) is 20.7 Å². The van der Waals surface area contributed by atoms with E-state index in [0.29, 0.717) is 0 Å². The Morgan fingerprint density at radius 1 is 1.22 bits per heavy atom. The van der Waals surface area contributed by atoms with Crippen LogP contribution < -0.4 is 10.6 Å². The second kappa shape index (κ2) is 8.31. The first kappa shape index (κ1) is 17.7. The molecular weight excluding hydrogens is 298 g/mol. The van der Waals surface area contributed by atoms with Crippen molar-refractivity contribution in [2.45, 2.75) is 56.4 Å². The van der Waals surface area contributed by atoms with E-state index in [1.807, 2.05) is 0 Å². The van der Waals surface area contributed by atoms with E-state index in [2.05, 4.69) is 10.6 Å². The molecule has 130 valence electrons. The minimum atomic E-state index is -0.547. The van der Waals surface area contributed by atoms with Gasteiger partial charge in [0.25, 0.3) is 0 Å². The molecule has 2 rings (SSSR count). The van der Waals surface area contributed by atoms with Gasteiger partial charge in [-0.05, 0) is 12.8 Å². The predicted molar refractivity (Wildman–Crippen MR) is 85.9 cm³/mol. The van der Waals surface area contributed by atoms with Crippen LogP contribution in [0.25, 0.3) is 0 Å². The van der Waals surface area contributed by atoms with Gasteiger partial charge in [0.2, 0.25) is 5.91 Å². The smallest absolute Gasteiger partial charge is 0.315 e. The molecule has 1 aliphatic carbocycles. The number of hydrogen-bond acceptors (Lipinski definition) is 4. The summed E-state index contributed by atoms with van der Waals surface area (Å²) in [6, 6.07) is -0.398. The Kier molecular flexibility index (Phi) is 6.41. The highest BCUT2D eigenvalue weighted by Gasteiger charge is 2.29. The lowest BCUT2D eigenvalue weighted by Gasteiger charge is -2.32. The molecule has 0 bridgehead atoms. The zero-order valence-electron chi connectivity index (χ0n) is 13.8. The van der Waals surface area contributed by atoms with Gasteiger partial charge in [0.1, 0.15) is 6.10 Å². The van der Waals surface area contributed by atoms with Gasteiger partial charge < -0.3 is 25.4 Å². The molecule has 3 atom stereocenters. The zero-order valence-corrected chi connectivity index (χ0v) is 13.8. The Bertz CT molecular complexity index is 447. The van der Waals surface area contributed by atoms with Gasteiger partial charge in [0.15, 0.2) is 0 Å². The molecule has 0 aromatic rings. The second-order valence-corrected chi connectivity index (χ2v) is 6.40. The van der Waals surface area contributed by atoms with Gasteiger partial charge in [0.05, 0.1) is 25.2 Å². The van der Waals surface area contributed by atoms with E-state index in [-0.39, 0.29) is 37.1 Å². The Morgan fingerprint density at radius 3 is 2.52 bits per heavy atom. The van der Waals surface area contributed by atoms with Crippen molar-refractivity contribution in [1.29, 1.82) is 0 Å². The fourth-order valence-electron chi connectivity index (χ4n) is 2.94. The first-order valence-corrected chi connectivity index (χ1v) is 8.21. The molecule has 0 aromatic carbocycles. The van der Waals surface area contributed by atoms with Crippen LogP contribution in [0.15, 0.2) is 12.2 Å². The minimum absolute atomic E-state index is 0.0401. The van der Waals surface area contributed by atoms with Crippen molar-refractivity contribution in [3.05, 3.63) is 12.2 Å². The average molecular weight is 325 g/mol. The maximum absolute atomic E-state index is 12.0. The summed E-state index contributed by atoms with van der Waals surface area (Å²) in [4.78, 5) is 25.3. The minimum Gasteiger partial charge on any atom is -0.394 e. The molecule has 7 heteroatoms. The summed E-state index contributed by atoms with van der Waals surface area (Å²) in [5, 5.41) is 15.3. The molecule has 3 N–H and O–H groups in total. The fraction of sp³-hybridized carbons (Fsp3) is 0.750. The predicted octanol–water partition coefficient (Wildman–Crippen LogP) is 0.391. The summed E-state index contributed by atoms with van der Waals surface area (Å²) < 4.78 is 5.71. The molecule has 3 amide bonds. The largest absolute Gasteiger partial charge is 0.394 e.